The van der Waals surface area contributed by atoms with Crippen molar-refractivity contribution in [2.24, 2.45) is 0 Å². The van der Waals surface area contributed by atoms with Gasteiger partial charge in [-0.2, -0.15) is 0 Å². The summed E-state index contributed by atoms with van der Waals surface area (Å²) >= 11 is 9.32. The number of hydrogen-bond donors (Lipinski definition) is 2. The molecule has 108 valence electrons. The first kappa shape index (κ1) is 15.5. The van der Waals surface area contributed by atoms with Crippen molar-refractivity contribution < 1.29 is 14.7 Å². The molecule has 0 aromatic heterocycles. The molecule has 21 heavy (non-hydrogen) atoms. The van der Waals surface area contributed by atoms with Gasteiger partial charge in [-0.15, -0.1) is 0 Å². The molecule has 0 saturated carbocycles. The van der Waals surface area contributed by atoms with Gasteiger partial charge in [-0.3, -0.25) is 4.79 Å². The van der Waals surface area contributed by atoms with Crippen molar-refractivity contribution in [2.75, 3.05) is 5.32 Å². The number of carbonyl (C=O) groups excluding carboxylic acids is 1. The van der Waals surface area contributed by atoms with Crippen molar-refractivity contribution in [1.29, 1.82) is 0 Å². The summed E-state index contributed by atoms with van der Waals surface area (Å²) in [5.41, 5.74) is 1.24. The molecule has 6 heteroatoms. The third-order valence-electron chi connectivity index (χ3n) is 2.94. The van der Waals surface area contributed by atoms with Crippen molar-refractivity contribution in [2.45, 2.75) is 6.92 Å². The van der Waals surface area contributed by atoms with Gasteiger partial charge in [0.05, 0.1) is 21.8 Å². The number of anilines is 1. The lowest BCUT2D eigenvalue weighted by Gasteiger charge is -2.12. The van der Waals surface area contributed by atoms with Gasteiger partial charge in [0.1, 0.15) is 0 Å². The molecular weight excluding hydrogens is 358 g/mol. The quantitative estimate of drug-likeness (QED) is 0.846. The molecule has 0 radical (unpaired) electrons. The van der Waals surface area contributed by atoms with Crippen molar-refractivity contribution >= 4 is 45.1 Å². The summed E-state index contributed by atoms with van der Waals surface area (Å²) in [5, 5.41) is 12.1. The molecule has 2 aromatic carbocycles. The molecule has 0 aliphatic heterocycles. The fourth-order valence-electron chi connectivity index (χ4n) is 1.87. The van der Waals surface area contributed by atoms with E-state index in [0.29, 0.717) is 10.0 Å². The van der Waals surface area contributed by atoms with Gasteiger partial charge in [0, 0.05) is 4.47 Å². The van der Waals surface area contributed by atoms with Crippen LogP contribution in [0.25, 0.3) is 0 Å². The second-order valence-corrected chi connectivity index (χ2v) is 5.59. The van der Waals surface area contributed by atoms with Gasteiger partial charge in [-0.25, -0.2) is 4.79 Å². The highest BCUT2D eigenvalue weighted by Crippen LogP contribution is 2.28. The highest BCUT2D eigenvalue weighted by Gasteiger charge is 2.17. The van der Waals surface area contributed by atoms with E-state index in [2.05, 4.69) is 21.2 Å². The van der Waals surface area contributed by atoms with Crippen LogP contribution in [0, 0.1) is 6.92 Å². The van der Waals surface area contributed by atoms with Crippen LogP contribution in [0.15, 0.2) is 40.9 Å². The van der Waals surface area contributed by atoms with Crippen molar-refractivity contribution in [3.8, 4) is 0 Å². The topological polar surface area (TPSA) is 66.4 Å². The van der Waals surface area contributed by atoms with Crippen LogP contribution in [-0.4, -0.2) is 17.0 Å². The lowest BCUT2D eigenvalue weighted by Crippen LogP contribution is -2.16. The summed E-state index contributed by atoms with van der Waals surface area (Å²) in [4.78, 5) is 23.5. The molecule has 0 aliphatic rings. The summed E-state index contributed by atoms with van der Waals surface area (Å²) in [6.07, 6.45) is 0. The fourth-order valence-corrected chi connectivity index (χ4v) is 2.45. The molecule has 0 atom stereocenters. The predicted molar refractivity (Wildman–Crippen MR) is 85.2 cm³/mol. The zero-order chi connectivity index (χ0) is 15.6. The van der Waals surface area contributed by atoms with E-state index in [1.54, 1.807) is 37.3 Å². The number of carbonyl (C=O) groups is 2. The number of benzene rings is 2. The minimum atomic E-state index is -1.10. The summed E-state index contributed by atoms with van der Waals surface area (Å²) in [7, 11) is 0. The van der Waals surface area contributed by atoms with Gasteiger partial charge in [0.25, 0.3) is 5.91 Å². The number of para-hydroxylation sites is 1. The Morgan fingerprint density at radius 3 is 2.43 bits per heavy atom. The van der Waals surface area contributed by atoms with E-state index in [9.17, 15) is 14.7 Å². The van der Waals surface area contributed by atoms with Crippen molar-refractivity contribution in [3.05, 3.63) is 62.6 Å². The Bertz CT molecular complexity index is 731. The minimum Gasteiger partial charge on any atom is -0.478 e. The Morgan fingerprint density at radius 2 is 1.76 bits per heavy atom. The average molecular weight is 369 g/mol. The normalized spacial score (nSPS) is 10.2. The zero-order valence-electron chi connectivity index (χ0n) is 11.0. The number of hydrogen-bond acceptors (Lipinski definition) is 2. The second kappa shape index (κ2) is 6.28. The Balaban J connectivity index is 2.41. The SMILES string of the molecule is Cc1cccc(C(=O)O)c1NC(=O)c1cccc(Br)c1Cl. The van der Waals surface area contributed by atoms with Gasteiger partial charge in [0.2, 0.25) is 0 Å². The highest BCUT2D eigenvalue weighted by molar-refractivity contribution is 9.10. The van der Waals surface area contributed by atoms with Crippen LogP contribution in [-0.2, 0) is 0 Å². The van der Waals surface area contributed by atoms with E-state index >= 15 is 0 Å². The molecule has 0 saturated heterocycles. The molecule has 1 amide bonds. The van der Waals surface area contributed by atoms with Gasteiger partial charge >= 0.3 is 5.97 Å². The second-order valence-electron chi connectivity index (χ2n) is 4.36. The Kier molecular flexibility index (Phi) is 4.65. The number of halogens is 2. The molecule has 2 aromatic rings. The number of aryl methyl sites for hydroxylation is 1. The molecule has 0 bridgehead atoms. The van der Waals surface area contributed by atoms with E-state index < -0.39 is 11.9 Å². The van der Waals surface area contributed by atoms with E-state index in [-0.39, 0.29) is 21.8 Å². The maximum atomic E-state index is 12.3. The van der Waals surface area contributed by atoms with Crippen LogP contribution in [0.4, 0.5) is 5.69 Å². The number of carboxylic acid groups (broad SMARTS) is 1. The lowest BCUT2D eigenvalue weighted by atomic mass is 10.1. The molecule has 2 rings (SSSR count). The highest BCUT2D eigenvalue weighted by atomic mass is 79.9. The molecule has 0 heterocycles. The number of nitrogens with one attached hydrogen (secondary N) is 1. The standard InChI is InChI=1S/C15H11BrClNO3/c1-8-4-2-6-10(15(20)21)13(8)18-14(19)9-5-3-7-11(16)12(9)17/h2-7H,1H3,(H,18,19)(H,20,21). The first-order chi connectivity index (χ1) is 9.91. The maximum Gasteiger partial charge on any atom is 0.337 e. The first-order valence-electron chi connectivity index (χ1n) is 6.00. The summed E-state index contributed by atoms with van der Waals surface area (Å²) < 4.78 is 0.597. The van der Waals surface area contributed by atoms with Gasteiger partial charge < -0.3 is 10.4 Å². The van der Waals surface area contributed by atoms with Crippen molar-refractivity contribution in [1.82, 2.24) is 0 Å². The van der Waals surface area contributed by atoms with Crippen LogP contribution in [0.3, 0.4) is 0 Å². The van der Waals surface area contributed by atoms with Gasteiger partial charge in [0.15, 0.2) is 0 Å². The number of aromatic carboxylic acids is 1. The van der Waals surface area contributed by atoms with E-state index in [1.165, 1.54) is 6.07 Å². The molecule has 0 fully saturated rings. The molecular formula is C15H11BrClNO3. The molecule has 0 unspecified atom stereocenters. The van der Waals surface area contributed by atoms with E-state index in [4.69, 9.17) is 11.6 Å². The van der Waals surface area contributed by atoms with Crippen LogP contribution in [0.5, 0.6) is 0 Å². The largest absolute Gasteiger partial charge is 0.478 e. The maximum absolute atomic E-state index is 12.3. The van der Waals surface area contributed by atoms with E-state index in [0.717, 1.165) is 0 Å². The molecule has 4 nitrogen and oxygen atoms in total. The van der Waals surface area contributed by atoms with Crippen LogP contribution >= 0.6 is 27.5 Å². The first-order valence-corrected chi connectivity index (χ1v) is 7.17. The van der Waals surface area contributed by atoms with Crippen LogP contribution in [0.1, 0.15) is 26.3 Å². The lowest BCUT2D eigenvalue weighted by molar-refractivity contribution is 0.0698. The zero-order valence-corrected chi connectivity index (χ0v) is 13.3. The number of carboxylic acids is 1. The number of rotatable bonds is 3. The third-order valence-corrected chi connectivity index (χ3v) is 4.23. The predicted octanol–water partition coefficient (Wildman–Crippen LogP) is 4.36. The van der Waals surface area contributed by atoms with Crippen LogP contribution < -0.4 is 5.32 Å². The summed E-state index contributed by atoms with van der Waals surface area (Å²) in [5.74, 6) is -1.56. The fraction of sp³-hybridized carbons (Fsp3) is 0.0667. The summed E-state index contributed by atoms with van der Waals surface area (Å²) in [6.45, 7) is 1.73. The monoisotopic (exact) mass is 367 g/mol. The van der Waals surface area contributed by atoms with Gasteiger partial charge in [-0.1, -0.05) is 29.8 Å². The Labute approximate surface area is 134 Å². The third kappa shape index (κ3) is 3.25. The molecule has 0 spiro atoms. The molecule has 0 aliphatic carbocycles. The summed E-state index contributed by atoms with van der Waals surface area (Å²) in [6, 6.07) is 9.76. The average Bonchev–Trinajstić information content (AvgIpc) is 2.43. The Hall–Kier alpha value is -1.85. The smallest absolute Gasteiger partial charge is 0.337 e. The number of amides is 1. The van der Waals surface area contributed by atoms with Crippen molar-refractivity contribution in [3.63, 3.8) is 0 Å². The van der Waals surface area contributed by atoms with E-state index in [1.807, 2.05) is 0 Å². The van der Waals surface area contributed by atoms with Gasteiger partial charge in [-0.05, 0) is 46.6 Å². The molecule has 2 N–H and O–H groups in total. The van der Waals surface area contributed by atoms with Crippen LogP contribution in [0.2, 0.25) is 5.02 Å². The Morgan fingerprint density at radius 1 is 1.14 bits per heavy atom. The minimum absolute atomic E-state index is 0.0365.